The molecular weight excluding hydrogens is 221 g/mol. The van der Waals surface area contributed by atoms with E-state index in [-0.39, 0.29) is 11.6 Å². The zero-order chi connectivity index (χ0) is 11.4. The van der Waals surface area contributed by atoms with Crippen LogP contribution in [0.3, 0.4) is 0 Å². The van der Waals surface area contributed by atoms with Crippen molar-refractivity contribution >= 4 is 23.3 Å². The van der Waals surface area contributed by atoms with Crippen LogP contribution in [-0.4, -0.2) is 17.6 Å². The molecule has 2 N–H and O–H groups in total. The molecular formula is C10H11ClFNO2. The Bertz CT molecular complexity index is 350. The lowest BCUT2D eigenvalue weighted by Crippen LogP contribution is -2.19. The second-order valence-corrected chi connectivity index (χ2v) is 3.71. The summed E-state index contributed by atoms with van der Waals surface area (Å²) in [6.45, 7) is 1.80. The van der Waals surface area contributed by atoms with Crippen LogP contribution in [0.1, 0.15) is 6.92 Å². The summed E-state index contributed by atoms with van der Waals surface area (Å²) in [5, 5.41) is 11.7. The van der Waals surface area contributed by atoms with E-state index in [0.29, 0.717) is 5.69 Å². The third kappa shape index (κ3) is 3.75. The summed E-state index contributed by atoms with van der Waals surface area (Å²) >= 11 is 5.63. The molecule has 1 unspecified atom stereocenters. The highest BCUT2D eigenvalue weighted by molar-refractivity contribution is 6.30. The van der Waals surface area contributed by atoms with Gasteiger partial charge in [-0.25, -0.2) is 4.39 Å². The molecule has 5 heteroatoms. The van der Waals surface area contributed by atoms with E-state index in [0.717, 1.165) is 0 Å². The molecule has 0 spiro atoms. The molecule has 3 nitrogen and oxygen atoms in total. The SMILES string of the molecule is CC(CNc1cc(F)cc(Cl)c1)C(=O)O. The van der Waals surface area contributed by atoms with Gasteiger partial charge in [-0.1, -0.05) is 18.5 Å². The summed E-state index contributed by atoms with van der Waals surface area (Å²) in [4.78, 5) is 10.5. The molecule has 1 rings (SSSR count). The molecule has 0 aromatic heterocycles. The molecule has 0 fully saturated rings. The number of hydrogen-bond acceptors (Lipinski definition) is 2. The first-order valence-corrected chi connectivity index (χ1v) is 4.79. The largest absolute Gasteiger partial charge is 0.481 e. The minimum atomic E-state index is -0.898. The van der Waals surface area contributed by atoms with Gasteiger partial charge in [-0.15, -0.1) is 0 Å². The summed E-state index contributed by atoms with van der Waals surface area (Å²) in [7, 11) is 0. The Morgan fingerprint density at radius 1 is 1.60 bits per heavy atom. The summed E-state index contributed by atoms with van der Waals surface area (Å²) in [6, 6.07) is 3.99. The van der Waals surface area contributed by atoms with Crippen molar-refractivity contribution in [2.45, 2.75) is 6.92 Å². The Morgan fingerprint density at radius 3 is 2.80 bits per heavy atom. The van der Waals surface area contributed by atoms with Gasteiger partial charge in [-0.05, 0) is 18.2 Å². The van der Waals surface area contributed by atoms with Crippen molar-refractivity contribution in [3.05, 3.63) is 29.0 Å². The number of anilines is 1. The minimum absolute atomic E-state index is 0.231. The topological polar surface area (TPSA) is 49.3 Å². The van der Waals surface area contributed by atoms with Crippen molar-refractivity contribution in [3.63, 3.8) is 0 Å². The van der Waals surface area contributed by atoms with Gasteiger partial charge in [-0.3, -0.25) is 4.79 Å². The Kier molecular flexibility index (Phi) is 3.91. The molecule has 0 radical (unpaired) electrons. The fourth-order valence-corrected chi connectivity index (χ4v) is 1.24. The molecule has 0 aliphatic rings. The van der Waals surface area contributed by atoms with Gasteiger partial charge in [0.15, 0.2) is 0 Å². The lowest BCUT2D eigenvalue weighted by Gasteiger charge is -2.09. The number of carboxylic acid groups (broad SMARTS) is 1. The van der Waals surface area contributed by atoms with Gasteiger partial charge in [0.2, 0.25) is 0 Å². The van der Waals surface area contributed by atoms with Crippen molar-refractivity contribution in [2.75, 3.05) is 11.9 Å². The molecule has 0 saturated carbocycles. The van der Waals surface area contributed by atoms with Crippen molar-refractivity contribution in [3.8, 4) is 0 Å². The maximum atomic E-state index is 12.9. The maximum absolute atomic E-state index is 12.9. The van der Waals surface area contributed by atoms with E-state index in [1.807, 2.05) is 0 Å². The second-order valence-electron chi connectivity index (χ2n) is 3.28. The highest BCUT2D eigenvalue weighted by Gasteiger charge is 2.10. The molecule has 0 aliphatic heterocycles. The lowest BCUT2D eigenvalue weighted by molar-refractivity contribution is -0.140. The van der Waals surface area contributed by atoms with E-state index in [1.165, 1.54) is 12.1 Å². The van der Waals surface area contributed by atoms with Crippen LogP contribution in [0.25, 0.3) is 0 Å². The molecule has 1 aromatic rings. The number of carbonyl (C=O) groups is 1. The third-order valence-corrected chi connectivity index (χ3v) is 2.11. The summed E-state index contributed by atoms with van der Waals surface area (Å²) < 4.78 is 12.9. The molecule has 15 heavy (non-hydrogen) atoms. The normalized spacial score (nSPS) is 12.2. The lowest BCUT2D eigenvalue weighted by atomic mass is 10.2. The van der Waals surface area contributed by atoms with Crippen LogP contribution in [0.2, 0.25) is 5.02 Å². The van der Waals surface area contributed by atoms with Crippen LogP contribution in [-0.2, 0) is 4.79 Å². The number of aliphatic carboxylic acids is 1. The molecule has 82 valence electrons. The van der Waals surface area contributed by atoms with Gasteiger partial charge in [0.1, 0.15) is 5.82 Å². The van der Waals surface area contributed by atoms with Crippen molar-refractivity contribution in [2.24, 2.45) is 5.92 Å². The van der Waals surface area contributed by atoms with Crippen molar-refractivity contribution < 1.29 is 14.3 Å². The number of carboxylic acids is 1. The summed E-state index contributed by atoms with van der Waals surface area (Å²) in [5.74, 6) is -1.88. The maximum Gasteiger partial charge on any atom is 0.308 e. The number of hydrogen-bond donors (Lipinski definition) is 2. The smallest absolute Gasteiger partial charge is 0.308 e. The van der Waals surface area contributed by atoms with E-state index in [9.17, 15) is 9.18 Å². The number of nitrogens with one attached hydrogen (secondary N) is 1. The Labute approximate surface area is 91.9 Å². The van der Waals surface area contributed by atoms with E-state index >= 15 is 0 Å². The summed E-state index contributed by atoms with van der Waals surface area (Å²) in [5.41, 5.74) is 0.480. The van der Waals surface area contributed by atoms with E-state index < -0.39 is 17.7 Å². The number of halogens is 2. The first-order valence-electron chi connectivity index (χ1n) is 4.42. The molecule has 0 amide bonds. The van der Waals surface area contributed by atoms with E-state index in [4.69, 9.17) is 16.7 Å². The molecule has 0 saturated heterocycles. The Hall–Kier alpha value is -1.29. The molecule has 0 heterocycles. The Morgan fingerprint density at radius 2 is 2.27 bits per heavy atom. The third-order valence-electron chi connectivity index (χ3n) is 1.90. The number of rotatable bonds is 4. The van der Waals surface area contributed by atoms with Gasteiger partial charge in [0, 0.05) is 17.3 Å². The average Bonchev–Trinajstić information content (AvgIpc) is 2.12. The first kappa shape index (κ1) is 11.8. The fraction of sp³-hybridized carbons (Fsp3) is 0.300. The van der Waals surface area contributed by atoms with Crippen LogP contribution in [0.4, 0.5) is 10.1 Å². The van der Waals surface area contributed by atoms with Crippen molar-refractivity contribution in [1.29, 1.82) is 0 Å². The standard InChI is InChI=1S/C10H11ClFNO2/c1-6(10(14)15)5-13-9-3-7(11)2-8(12)4-9/h2-4,6,13H,5H2,1H3,(H,14,15). The van der Waals surface area contributed by atoms with Gasteiger partial charge in [-0.2, -0.15) is 0 Å². The van der Waals surface area contributed by atoms with Gasteiger partial charge >= 0.3 is 5.97 Å². The highest BCUT2D eigenvalue weighted by atomic mass is 35.5. The highest BCUT2D eigenvalue weighted by Crippen LogP contribution is 2.18. The molecule has 1 aromatic carbocycles. The van der Waals surface area contributed by atoms with Crippen LogP contribution in [0, 0.1) is 11.7 Å². The van der Waals surface area contributed by atoms with Gasteiger partial charge in [0.05, 0.1) is 5.92 Å². The van der Waals surface area contributed by atoms with Crippen LogP contribution in [0.5, 0.6) is 0 Å². The summed E-state index contributed by atoms with van der Waals surface area (Å²) in [6.07, 6.45) is 0. The van der Waals surface area contributed by atoms with Gasteiger partial charge in [0.25, 0.3) is 0 Å². The second kappa shape index (κ2) is 4.98. The zero-order valence-electron chi connectivity index (χ0n) is 8.13. The molecule has 1 atom stereocenters. The Balaban J connectivity index is 2.61. The fourth-order valence-electron chi connectivity index (χ4n) is 1.01. The quantitative estimate of drug-likeness (QED) is 0.838. The van der Waals surface area contributed by atoms with Crippen LogP contribution in [0.15, 0.2) is 18.2 Å². The molecule has 0 aliphatic carbocycles. The van der Waals surface area contributed by atoms with Crippen LogP contribution < -0.4 is 5.32 Å². The monoisotopic (exact) mass is 231 g/mol. The van der Waals surface area contributed by atoms with E-state index in [1.54, 1.807) is 13.0 Å². The van der Waals surface area contributed by atoms with Gasteiger partial charge < -0.3 is 10.4 Å². The predicted molar refractivity (Wildman–Crippen MR) is 56.7 cm³/mol. The molecule has 0 bridgehead atoms. The minimum Gasteiger partial charge on any atom is -0.481 e. The van der Waals surface area contributed by atoms with E-state index in [2.05, 4.69) is 5.32 Å². The predicted octanol–water partition coefficient (Wildman–Crippen LogP) is 2.61. The number of benzene rings is 1. The first-order chi connectivity index (χ1) is 6.99. The zero-order valence-corrected chi connectivity index (χ0v) is 8.88. The average molecular weight is 232 g/mol. The van der Waals surface area contributed by atoms with Crippen molar-refractivity contribution in [1.82, 2.24) is 0 Å². The van der Waals surface area contributed by atoms with Crippen LogP contribution >= 0.6 is 11.6 Å².